The van der Waals surface area contributed by atoms with Crippen LogP contribution in [-0.2, 0) is 4.79 Å². The number of carbonyl (C=O) groups is 1. The fraction of sp³-hybridized carbons (Fsp3) is 0.278. The summed E-state index contributed by atoms with van der Waals surface area (Å²) in [6.07, 6.45) is 1.02. The van der Waals surface area contributed by atoms with Crippen LogP contribution in [0.4, 0.5) is 0 Å². The van der Waals surface area contributed by atoms with E-state index in [-0.39, 0.29) is 17.9 Å². The van der Waals surface area contributed by atoms with Crippen molar-refractivity contribution in [2.75, 3.05) is 0 Å². The first-order valence-electron chi connectivity index (χ1n) is 7.16. The van der Waals surface area contributed by atoms with E-state index in [4.69, 9.17) is 0 Å². The Bertz CT molecular complexity index is 539. The maximum Gasteiger partial charge on any atom is 0.224 e. The van der Waals surface area contributed by atoms with Crippen molar-refractivity contribution in [3.8, 4) is 0 Å². The lowest BCUT2D eigenvalue weighted by Crippen LogP contribution is -2.30. The van der Waals surface area contributed by atoms with Crippen LogP contribution in [0.1, 0.15) is 30.5 Å². The molecule has 0 aromatic heterocycles. The summed E-state index contributed by atoms with van der Waals surface area (Å²) < 4.78 is 0. The average Bonchev–Trinajstić information content (AvgIpc) is 3.23. The van der Waals surface area contributed by atoms with Gasteiger partial charge in [0, 0.05) is 5.92 Å². The van der Waals surface area contributed by atoms with Gasteiger partial charge in [-0.15, -0.1) is 0 Å². The summed E-state index contributed by atoms with van der Waals surface area (Å²) in [6.45, 7) is 2.13. The lowest BCUT2D eigenvalue weighted by atomic mass is 9.98. The van der Waals surface area contributed by atoms with Gasteiger partial charge in [-0.1, -0.05) is 67.6 Å². The predicted molar refractivity (Wildman–Crippen MR) is 80.1 cm³/mol. The number of carbonyl (C=O) groups excluding carboxylic acids is 1. The van der Waals surface area contributed by atoms with Crippen LogP contribution in [0.25, 0.3) is 0 Å². The highest BCUT2D eigenvalue weighted by Crippen LogP contribution is 2.38. The van der Waals surface area contributed by atoms with Crippen molar-refractivity contribution in [2.45, 2.75) is 19.4 Å². The maximum atomic E-state index is 12.3. The molecule has 1 amide bonds. The molecule has 2 aromatic carbocycles. The lowest BCUT2D eigenvalue weighted by molar-refractivity contribution is -0.123. The van der Waals surface area contributed by atoms with Gasteiger partial charge in [-0.2, -0.15) is 0 Å². The van der Waals surface area contributed by atoms with E-state index in [2.05, 4.69) is 36.5 Å². The number of amides is 1. The molecule has 0 radical (unpaired) electrons. The number of hydrogen-bond donors (Lipinski definition) is 1. The topological polar surface area (TPSA) is 29.1 Å². The second kappa shape index (κ2) is 5.49. The van der Waals surface area contributed by atoms with E-state index in [1.807, 2.05) is 36.4 Å². The van der Waals surface area contributed by atoms with Crippen LogP contribution in [0.5, 0.6) is 0 Å². The molecule has 1 saturated carbocycles. The molecule has 3 rings (SSSR count). The van der Waals surface area contributed by atoms with Crippen LogP contribution >= 0.6 is 0 Å². The Morgan fingerprint density at radius 2 is 1.45 bits per heavy atom. The quantitative estimate of drug-likeness (QED) is 0.900. The Morgan fingerprint density at radius 3 is 1.85 bits per heavy atom. The molecule has 2 aromatic rings. The van der Waals surface area contributed by atoms with Gasteiger partial charge < -0.3 is 5.32 Å². The average molecular weight is 265 g/mol. The second-order valence-electron chi connectivity index (χ2n) is 5.58. The molecule has 1 fully saturated rings. The fourth-order valence-electron chi connectivity index (χ4n) is 2.59. The second-order valence-corrected chi connectivity index (χ2v) is 5.58. The van der Waals surface area contributed by atoms with E-state index in [1.165, 1.54) is 0 Å². The third-order valence-corrected chi connectivity index (χ3v) is 4.00. The van der Waals surface area contributed by atoms with Crippen molar-refractivity contribution in [1.82, 2.24) is 5.32 Å². The summed E-state index contributed by atoms with van der Waals surface area (Å²) >= 11 is 0. The number of nitrogens with one attached hydrogen (secondary N) is 1. The molecule has 2 nitrogen and oxygen atoms in total. The summed E-state index contributed by atoms with van der Waals surface area (Å²) in [5, 5.41) is 3.20. The standard InChI is InChI=1S/C18H19NO/c1-13-12-16(13)18(20)19-17(14-8-4-2-5-9-14)15-10-6-3-7-11-15/h2-11,13,16-17H,12H2,1H3,(H,19,20)/t13-,16+/m1/s1. The minimum Gasteiger partial charge on any atom is -0.345 e. The van der Waals surface area contributed by atoms with Gasteiger partial charge in [0.1, 0.15) is 0 Å². The normalized spacial score (nSPS) is 20.7. The van der Waals surface area contributed by atoms with Gasteiger partial charge in [-0.25, -0.2) is 0 Å². The van der Waals surface area contributed by atoms with Crippen molar-refractivity contribution >= 4 is 5.91 Å². The van der Waals surface area contributed by atoms with Crippen molar-refractivity contribution < 1.29 is 4.79 Å². The van der Waals surface area contributed by atoms with Gasteiger partial charge in [0.05, 0.1) is 6.04 Å². The molecule has 1 aliphatic carbocycles. The molecule has 0 unspecified atom stereocenters. The largest absolute Gasteiger partial charge is 0.345 e. The summed E-state index contributed by atoms with van der Waals surface area (Å²) in [5.41, 5.74) is 2.25. The van der Waals surface area contributed by atoms with Gasteiger partial charge in [-0.05, 0) is 23.5 Å². The Kier molecular flexibility index (Phi) is 3.55. The number of benzene rings is 2. The van der Waals surface area contributed by atoms with E-state index in [1.54, 1.807) is 0 Å². The van der Waals surface area contributed by atoms with Crippen LogP contribution in [-0.4, -0.2) is 5.91 Å². The Balaban J connectivity index is 1.86. The zero-order chi connectivity index (χ0) is 13.9. The zero-order valence-electron chi connectivity index (χ0n) is 11.6. The maximum absolute atomic E-state index is 12.3. The van der Waals surface area contributed by atoms with Crippen LogP contribution in [0.15, 0.2) is 60.7 Å². The van der Waals surface area contributed by atoms with Gasteiger partial charge in [0.15, 0.2) is 0 Å². The number of hydrogen-bond acceptors (Lipinski definition) is 1. The molecule has 1 aliphatic rings. The van der Waals surface area contributed by atoms with Crippen molar-refractivity contribution in [1.29, 1.82) is 0 Å². The Hall–Kier alpha value is -2.09. The smallest absolute Gasteiger partial charge is 0.224 e. The first-order chi connectivity index (χ1) is 9.75. The summed E-state index contributed by atoms with van der Waals surface area (Å²) in [6, 6.07) is 20.2. The monoisotopic (exact) mass is 265 g/mol. The summed E-state index contributed by atoms with van der Waals surface area (Å²) in [5.74, 6) is 0.905. The molecule has 1 N–H and O–H groups in total. The lowest BCUT2D eigenvalue weighted by Gasteiger charge is -2.20. The van der Waals surface area contributed by atoms with Crippen LogP contribution in [0.3, 0.4) is 0 Å². The van der Waals surface area contributed by atoms with Crippen LogP contribution in [0, 0.1) is 11.8 Å². The minimum absolute atomic E-state index is 0.0577. The molecule has 2 atom stereocenters. The Morgan fingerprint density at radius 1 is 1.00 bits per heavy atom. The molecule has 20 heavy (non-hydrogen) atoms. The molecular formula is C18H19NO. The van der Waals surface area contributed by atoms with Crippen molar-refractivity contribution in [2.24, 2.45) is 11.8 Å². The predicted octanol–water partition coefficient (Wildman–Crippen LogP) is 3.55. The van der Waals surface area contributed by atoms with Crippen molar-refractivity contribution in [3.05, 3.63) is 71.8 Å². The highest BCUT2D eigenvalue weighted by molar-refractivity contribution is 5.82. The summed E-state index contributed by atoms with van der Waals surface area (Å²) in [7, 11) is 0. The molecule has 0 bridgehead atoms. The highest BCUT2D eigenvalue weighted by atomic mass is 16.2. The van der Waals surface area contributed by atoms with Gasteiger partial charge in [0.25, 0.3) is 0 Å². The third kappa shape index (κ3) is 2.74. The van der Waals surface area contributed by atoms with Crippen LogP contribution < -0.4 is 5.32 Å². The first kappa shape index (κ1) is 12.9. The molecule has 0 spiro atoms. The van der Waals surface area contributed by atoms with E-state index >= 15 is 0 Å². The first-order valence-corrected chi connectivity index (χ1v) is 7.16. The third-order valence-electron chi connectivity index (χ3n) is 4.00. The van der Waals surface area contributed by atoms with E-state index in [9.17, 15) is 4.79 Å². The van der Waals surface area contributed by atoms with E-state index < -0.39 is 0 Å². The minimum atomic E-state index is -0.0577. The molecule has 0 saturated heterocycles. The molecule has 2 heteroatoms. The van der Waals surface area contributed by atoms with Gasteiger partial charge in [0.2, 0.25) is 5.91 Å². The molecule has 0 heterocycles. The van der Waals surface area contributed by atoms with Gasteiger partial charge >= 0.3 is 0 Å². The van der Waals surface area contributed by atoms with Gasteiger partial charge in [-0.3, -0.25) is 4.79 Å². The van der Waals surface area contributed by atoms with E-state index in [0.717, 1.165) is 17.5 Å². The van der Waals surface area contributed by atoms with Crippen molar-refractivity contribution in [3.63, 3.8) is 0 Å². The highest BCUT2D eigenvalue weighted by Gasteiger charge is 2.39. The summed E-state index contributed by atoms with van der Waals surface area (Å²) in [4.78, 5) is 12.3. The molecular weight excluding hydrogens is 246 g/mol. The molecule has 0 aliphatic heterocycles. The fourth-order valence-corrected chi connectivity index (χ4v) is 2.59. The molecule has 102 valence electrons. The number of rotatable bonds is 4. The Labute approximate surface area is 119 Å². The zero-order valence-corrected chi connectivity index (χ0v) is 11.6. The van der Waals surface area contributed by atoms with Crippen LogP contribution in [0.2, 0.25) is 0 Å². The SMILES string of the molecule is C[C@@H]1C[C@@H]1C(=O)NC(c1ccccc1)c1ccccc1. The van der Waals surface area contributed by atoms with E-state index in [0.29, 0.717) is 5.92 Å².